The fourth-order valence-electron chi connectivity index (χ4n) is 2.31. The molecule has 0 spiro atoms. The molecule has 0 unspecified atom stereocenters. The first-order chi connectivity index (χ1) is 12.1. The van der Waals surface area contributed by atoms with E-state index in [4.69, 9.17) is 4.74 Å². The van der Waals surface area contributed by atoms with E-state index in [0.717, 1.165) is 22.3 Å². The Kier molecular flexibility index (Phi) is 7.44. The van der Waals surface area contributed by atoms with E-state index in [-0.39, 0.29) is 12.6 Å². The fourth-order valence-corrected chi connectivity index (χ4v) is 2.31. The van der Waals surface area contributed by atoms with Crippen molar-refractivity contribution >= 4 is 6.03 Å². The van der Waals surface area contributed by atoms with Crippen LogP contribution in [0.5, 0.6) is 0 Å². The molecule has 0 aliphatic heterocycles. The number of aliphatic hydroxyl groups is 1. The SMILES string of the molecule is CCOCc1ccc(CNC(=O)NC[C@@H](O)c2ccc(C)cc2)cc1. The van der Waals surface area contributed by atoms with Gasteiger partial charge in [0, 0.05) is 19.7 Å². The van der Waals surface area contributed by atoms with E-state index >= 15 is 0 Å². The number of benzene rings is 2. The normalized spacial score (nSPS) is 11.8. The monoisotopic (exact) mass is 342 g/mol. The number of carbonyl (C=O) groups is 1. The summed E-state index contributed by atoms with van der Waals surface area (Å²) in [6.45, 7) is 5.85. The molecule has 0 radical (unpaired) electrons. The molecule has 0 bridgehead atoms. The van der Waals surface area contributed by atoms with Gasteiger partial charge in [-0.1, -0.05) is 54.1 Å². The number of aliphatic hydroxyl groups excluding tert-OH is 1. The van der Waals surface area contributed by atoms with Crippen LogP contribution < -0.4 is 10.6 Å². The largest absolute Gasteiger partial charge is 0.387 e. The lowest BCUT2D eigenvalue weighted by atomic mass is 10.1. The highest BCUT2D eigenvalue weighted by atomic mass is 16.5. The minimum absolute atomic E-state index is 0.169. The van der Waals surface area contributed by atoms with E-state index in [9.17, 15) is 9.90 Å². The molecule has 5 nitrogen and oxygen atoms in total. The minimum atomic E-state index is -0.718. The van der Waals surface area contributed by atoms with Gasteiger partial charge < -0.3 is 20.5 Å². The Balaban J connectivity index is 1.72. The summed E-state index contributed by atoms with van der Waals surface area (Å²) in [5.41, 5.74) is 4.04. The maximum atomic E-state index is 11.9. The molecule has 2 rings (SSSR count). The lowest BCUT2D eigenvalue weighted by Crippen LogP contribution is -2.37. The minimum Gasteiger partial charge on any atom is -0.387 e. The molecule has 3 N–H and O–H groups in total. The highest BCUT2D eigenvalue weighted by molar-refractivity contribution is 5.73. The molecule has 2 amide bonds. The average Bonchev–Trinajstić information content (AvgIpc) is 2.64. The summed E-state index contributed by atoms with van der Waals surface area (Å²) in [6.07, 6.45) is -0.718. The zero-order chi connectivity index (χ0) is 18.1. The van der Waals surface area contributed by atoms with Gasteiger partial charge in [-0.05, 0) is 30.5 Å². The predicted octanol–water partition coefficient (Wildman–Crippen LogP) is 3.06. The Morgan fingerprint density at radius 1 is 1.04 bits per heavy atom. The Morgan fingerprint density at radius 2 is 1.68 bits per heavy atom. The van der Waals surface area contributed by atoms with Crippen LogP contribution in [0, 0.1) is 6.92 Å². The molecule has 5 heteroatoms. The van der Waals surface area contributed by atoms with Crippen LogP contribution in [0.2, 0.25) is 0 Å². The van der Waals surface area contributed by atoms with Gasteiger partial charge in [0.25, 0.3) is 0 Å². The van der Waals surface area contributed by atoms with Crippen LogP contribution >= 0.6 is 0 Å². The molecular weight excluding hydrogens is 316 g/mol. The number of nitrogens with one attached hydrogen (secondary N) is 2. The standard InChI is InChI=1S/C20H26N2O3/c1-3-25-14-17-8-6-16(7-9-17)12-21-20(24)22-13-19(23)18-10-4-15(2)5-11-18/h4-11,19,23H,3,12-14H2,1-2H3,(H2,21,22,24)/t19-/m1/s1. The third kappa shape index (κ3) is 6.57. The third-order valence-electron chi connectivity index (χ3n) is 3.87. The lowest BCUT2D eigenvalue weighted by Gasteiger charge is -2.13. The van der Waals surface area contributed by atoms with Crippen molar-refractivity contribution in [2.24, 2.45) is 0 Å². The van der Waals surface area contributed by atoms with Gasteiger partial charge in [-0.2, -0.15) is 0 Å². The van der Waals surface area contributed by atoms with Crippen LogP contribution in [0.1, 0.15) is 35.3 Å². The Hall–Kier alpha value is -2.37. The summed E-state index contributed by atoms with van der Waals surface area (Å²) in [5.74, 6) is 0. The first-order valence-corrected chi connectivity index (χ1v) is 8.50. The van der Waals surface area contributed by atoms with E-state index in [1.807, 2.05) is 62.4 Å². The van der Waals surface area contributed by atoms with E-state index in [0.29, 0.717) is 19.8 Å². The van der Waals surface area contributed by atoms with Gasteiger partial charge in [-0.25, -0.2) is 4.79 Å². The van der Waals surface area contributed by atoms with Gasteiger partial charge >= 0.3 is 6.03 Å². The maximum Gasteiger partial charge on any atom is 0.315 e. The number of aryl methyl sites for hydroxylation is 1. The van der Waals surface area contributed by atoms with Crippen molar-refractivity contribution in [2.75, 3.05) is 13.2 Å². The number of hydrogen-bond acceptors (Lipinski definition) is 3. The molecule has 0 saturated carbocycles. The zero-order valence-corrected chi connectivity index (χ0v) is 14.8. The van der Waals surface area contributed by atoms with Crippen LogP contribution in [0.3, 0.4) is 0 Å². The number of amides is 2. The van der Waals surface area contributed by atoms with Crippen LogP contribution in [0.15, 0.2) is 48.5 Å². The molecule has 0 aliphatic rings. The summed E-state index contributed by atoms with van der Waals surface area (Å²) in [4.78, 5) is 11.9. The highest BCUT2D eigenvalue weighted by Gasteiger charge is 2.09. The molecule has 1 atom stereocenters. The van der Waals surface area contributed by atoms with Crippen molar-refractivity contribution in [2.45, 2.75) is 33.1 Å². The number of carbonyl (C=O) groups excluding carboxylic acids is 1. The average molecular weight is 342 g/mol. The molecule has 134 valence electrons. The predicted molar refractivity (Wildman–Crippen MR) is 98.1 cm³/mol. The molecule has 0 fully saturated rings. The molecule has 25 heavy (non-hydrogen) atoms. The second kappa shape index (κ2) is 9.81. The van der Waals surface area contributed by atoms with Crippen LogP contribution in [0.25, 0.3) is 0 Å². The van der Waals surface area contributed by atoms with Crippen LogP contribution in [-0.4, -0.2) is 24.3 Å². The molecule has 0 heterocycles. The summed E-state index contributed by atoms with van der Waals surface area (Å²) in [5, 5.41) is 15.6. The molecule has 0 saturated heterocycles. The van der Waals surface area contributed by atoms with Crippen molar-refractivity contribution in [3.63, 3.8) is 0 Å². The number of ether oxygens (including phenoxy) is 1. The Bertz CT molecular complexity index is 654. The van der Waals surface area contributed by atoms with E-state index in [1.54, 1.807) is 0 Å². The number of hydrogen-bond donors (Lipinski definition) is 3. The lowest BCUT2D eigenvalue weighted by molar-refractivity contribution is 0.134. The van der Waals surface area contributed by atoms with E-state index in [1.165, 1.54) is 0 Å². The molecule has 2 aromatic carbocycles. The summed E-state index contributed by atoms with van der Waals surface area (Å²) in [7, 11) is 0. The first-order valence-electron chi connectivity index (χ1n) is 8.50. The Labute approximate surface area is 149 Å². The smallest absolute Gasteiger partial charge is 0.315 e. The van der Waals surface area contributed by atoms with Crippen molar-refractivity contribution in [1.82, 2.24) is 10.6 Å². The van der Waals surface area contributed by atoms with Crippen molar-refractivity contribution in [3.05, 3.63) is 70.8 Å². The number of rotatable bonds is 8. The van der Waals surface area contributed by atoms with Crippen molar-refractivity contribution in [3.8, 4) is 0 Å². The highest BCUT2D eigenvalue weighted by Crippen LogP contribution is 2.12. The zero-order valence-electron chi connectivity index (χ0n) is 14.8. The quantitative estimate of drug-likeness (QED) is 0.690. The summed E-state index contributed by atoms with van der Waals surface area (Å²) >= 11 is 0. The van der Waals surface area contributed by atoms with Crippen molar-refractivity contribution in [1.29, 1.82) is 0 Å². The van der Waals surface area contributed by atoms with Gasteiger partial charge in [0.2, 0.25) is 0 Å². The second-order valence-electron chi connectivity index (χ2n) is 5.94. The number of urea groups is 1. The maximum absolute atomic E-state index is 11.9. The first kappa shape index (κ1) is 19.0. The second-order valence-corrected chi connectivity index (χ2v) is 5.94. The van der Waals surface area contributed by atoms with Gasteiger partial charge in [0.05, 0.1) is 12.7 Å². The van der Waals surface area contributed by atoms with E-state index in [2.05, 4.69) is 10.6 Å². The van der Waals surface area contributed by atoms with Gasteiger partial charge in [-0.15, -0.1) is 0 Å². The topological polar surface area (TPSA) is 70.6 Å². The third-order valence-corrected chi connectivity index (χ3v) is 3.87. The summed E-state index contributed by atoms with van der Waals surface area (Å²) < 4.78 is 5.35. The van der Waals surface area contributed by atoms with E-state index < -0.39 is 6.10 Å². The van der Waals surface area contributed by atoms with Crippen LogP contribution in [-0.2, 0) is 17.9 Å². The summed E-state index contributed by atoms with van der Waals surface area (Å²) in [6, 6.07) is 15.2. The fraction of sp³-hybridized carbons (Fsp3) is 0.350. The molecule has 2 aromatic rings. The van der Waals surface area contributed by atoms with Gasteiger partial charge in [-0.3, -0.25) is 0 Å². The Morgan fingerprint density at radius 3 is 2.32 bits per heavy atom. The van der Waals surface area contributed by atoms with Crippen molar-refractivity contribution < 1.29 is 14.6 Å². The van der Waals surface area contributed by atoms with Gasteiger partial charge in [0.15, 0.2) is 0 Å². The van der Waals surface area contributed by atoms with Gasteiger partial charge in [0.1, 0.15) is 0 Å². The molecule has 0 aromatic heterocycles. The molecular formula is C20H26N2O3. The van der Waals surface area contributed by atoms with Crippen LogP contribution in [0.4, 0.5) is 4.79 Å². The molecule has 0 aliphatic carbocycles.